The van der Waals surface area contributed by atoms with Crippen LogP contribution in [0.1, 0.15) is 12.5 Å². The van der Waals surface area contributed by atoms with Crippen molar-refractivity contribution in [3.05, 3.63) is 41.2 Å². The molecule has 1 aromatic carbocycles. The maximum absolute atomic E-state index is 13.5. The number of aliphatic carboxylic acids is 1. The van der Waals surface area contributed by atoms with Crippen molar-refractivity contribution in [1.82, 2.24) is 4.90 Å². The molecule has 19 heavy (non-hydrogen) atoms. The molecule has 0 aliphatic heterocycles. The molecule has 4 nitrogen and oxygen atoms in total. The third-order valence-corrected chi connectivity index (χ3v) is 2.72. The standard InChI is InChI=1S/C14H18FNO3/c1-10(14(17)18)6-7-16(2)9-11-4-5-13(19-3)12(15)8-11/h4-6,8H,7,9H2,1-3H3,(H,17,18). The highest BCUT2D eigenvalue weighted by atomic mass is 19.1. The van der Waals surface area contributed by atoms with Crippen molar-refractivity contribution < 1.29 is 19.0 Å². The molecule has 0 spiro atoms. The number of halogens is 1. The molecule has 0 amide bonds. The quantitative estimate of drug-likeness (QED) is 0.803. The van der Waals surface area contributed by atoms with Gasteiger partial charge in [-0.25, -0.2) is 9.18 Å². The van der Waals surface area contributed by atoms with E-state index in [-0.39, 0.29) is 5.75 Å². The summed E-state index contributed by atoms with van der Waals surface area (Å²) in [5, 5.41) is 8.73. The van der Waals surface area contributed by atoms with Gasteiger partial charge in [0.2, 0.25) is 0 Å². The van der Waals surface area contributed by atoms with Gasteiger partial charge in [-0.3, -0.25) is 4.90 Å². The summed E-state index contributed by atoms with van der Waals surface area (Å²) in [6, 6.07) is 4.78. The van der Waals surface area contributed by atoms with Gasteiger partial charge in [-0.2, -0.15) is 0 Å². The summed E-state index contributed by atoms with van der Waals surface area (Å²) in [5.74, 6) is -1.11. The molecule has 0 aromatic heterocycles. The first-order valence-corrected chi connectivity index (χ1v) is 5.85. The van der Waals surface area contributed by atoms with Gasteiger partial charge in [0.1, 0.15) is 0 Å². The first-order valence-electron chi connectivity index (χ1n) is 5.85. The van der Waals surface area contributed by atoms with E-state index in [1.165, 1.54) is 13.2 Å². The number of rotatable bonds is 6. The van der Waals surface area contributed by atoms with E-state index >= 15 is 0 Å². The number of nitrogens with zero attached hydrogens (tertiary/aromatic N) is 1. The fourth-order valence-electron chi connectivity index (χ4n) is 1.56. The number of likely N-dealkylation sites (N-methyl/N-ethyl adjacent to an activating group) is 1. The van der Waals surface area contributed by atoms with E-state index in [4.69, 9.17) is 9.84 Å². The molecule has 1 rings (SSSR count). The van der Waals surface area contributed by atoms with Gasteiger partial charge in [0.25, 0.3) is 0 Å². The van der Waals surface area contributed by atoms with E-state index in [2.05, 4.69) is 0 Å². The first-order chi connectivity index (χ1) is 8.93. The van der Waals surface area contributed by atoms with Gasteiger partial charge in [0, 0.05) is 18.7 Å². The molecule has 0 radical (unpaired) electrons. The Morgan fingerprint density at radius 2 is 2.21 bits per heavy atom. The van der Waals surface area contributed by atoms with Crippen molar-refractivity contribution in [3.63, 3.8) is 0 Å². The average molecular weight is 267 g/mol. The topological polar surface area (TPSA) is 49.8 Å². The molecule has 0 saturated heterocycles. The summed E-state index contributed by atoms with van der Waals surface area (Å²) in [4.78, 5) is 12.5. The van der Waals surface area contributed by atoms with Crippen LogP contribution in [0.5, 0.6) is 5.75 Å². The molecule has 0 fully saturated rings. The Hall–Kier alpha value is -1.88. The third kappa shape index (κ3) is 4.71. The van der Waals surface area contributed by atoms with Gasteiger partial charge < -0.3 is 9.84 Å². The minimum absolute atomic E-state index is 0.216. The lowest BCUT2D eigenvalue weighted by Gasteiger charge is -2.15. The highest BCUT2D eigenvalue weighted by Gasteiger charge is 2.06. The molecular weight excluding hydrogens is 249 g/mol. The summed E-state index contributed by atoms with van der Waals surface area (Å²) in [6.45, 7) is 2.57. The second-order valence-corrected chi connectivity index (χ2v) is 4.36. The molecule has 0 aliphatic rings. The van der Waals surface area contributed by atoms with Gasteiger partial charge in [-0.1, -0.05) is 12.1 Å². The number of hydrogen-bond acceptors (Lipinski definition) is 3. The SMILES string of the molecule is COc1ccc(CN(C)CC=C(C)C(=O)O)cc1F. The Kier molecular flexibility index (Phi) is 5.51. The van der Waals surface area contributed by atoms with E-state index in [9.17, 15) is 9.18 Å². The second-order valence-electron chi connectivity index (χ2n) is 4.36. The van der Waals surface area contributed by atoms with Crippen LogP contribution in [-0.4, -0.2) is 36.7 Å². The van der Waals surface area contributed by atoms with Crippen LogP contribution in [0.3, 0.4) is 0 Å². The molecule has 1 aromatic rings. The molecule has 5 heteroatoms. The zero-order valence-corrected chi connectivity index (χ0v) is 11.3. The van der Waals surface area contributed by atoms with Crippen molar-refractivity contribution in [2.24, 2.45) is 0 Å². The smallest absolute Gasteiger partial charge is 0.330 e. The third-order valence-electron chi connectivity index (χ3n) is 2.72. The highest BCUT2D eigenvalue weighted by molar-refractivity contribution is 5.85. The van der Waals surface area contributed by atoms with Crippen LogP contribution >= 0.6 is 0 Å². The molecular formula is C14H18FNO3. The molecule has 0 bridgehead atoms. The van der Waals surface area contributed by atoms with Crippen molar-refractivity contribution in [2.45, 2.75) is 13.5 Å². The normalized spacial score (nSPS) is 11.7. The number of hydrogen-bond donors (Lipinski definition) is 1. The zero-order valence-electron chi connectivity index (χ0n) is 11.3. The molecule has 0 unspecified atom stereocenters. The number of benzene rings is 1. The Balaban J connectivity index is 2.62. The minimum atomic E-state index is -0.927. The first kappa shape index (κ1) is 15.2. The Morgan fingerprint density at radius 3 is 2.74 bits per heavy atom. The Morgan fingerprint density at radius 1 is 1.53 bits per heavy atom. The number of methoxy groups -OCH3 is 1. The predicted molar refractivity (Wildman–Crippen MR) is 70.7 cm³/mol. The Bertz CT molecular complexity index is 486. The molecule has 0 heterocycles. The van der Waals surface area contributed by atoms with Gasteiger partial charge >= 0.3 is 5.97 Å². The summed E-state index contributed by atoms with van der Waals surface area (Å²) in [5.41, 5.74) is 1.11. The zero-order chi connectivity index (χ0) is 14.4. The van der Waals surface area contributed by atoms with Gasteiger partial charge in [-0.15, -0.1) is 0 Å². The number of carboxylic acids is 1. The maximum atomic E-state index is 13.5. The number of ether oxygens (including phenoxy) is 1. The van der Waals surface area contributed by atoms with Crippen LogP contribution < -0.4 is 4.74 Å². The molecule has 104 valence electrons. The molecule has 1 N–H and O–H groups in total. The molecule has 0 aliphatic carbocycles. The van der Waals surface area contributed by atoms with Crippen LogP contribution in [0.15, 0.2) is 29.8 Å². The largest absolute Gasteiger partial charge is 0.494 e. The van der Waals surface area contributed by atoms with Crippen molar-refractivity contribution in [1.29, 1.82) is 0 Å². The monoisotopic (exact) mass is 267 g/mol. The second kappa shape index (κ2) is 6.89. The molecule has 0 atom stereocenters. The lowest BCUT2D eigenvalue weighted by Crippen LogP contribution is -2.18. The van der Waals surface area contributed by atoms with Gasteiger partial charge in [-0.05, 0) is 31.7 Å². The molecule has 0 saturated carbocycles. The number of carboxylic acid groups (broad SMARTS) is 1. The van der Waals surface area contributed by atoms with E-state index in [1.54, 1.807) is 25.1 Å². The van der Waals surface area contributed by atoms with Crippen LogP contribution in [0.2, 0.25) is 0 Å². The lowest BCUT2D eigenvalue weighted by atomic mass is 10.2. The van der Waals surface area contributed by atoms with Gasteiger partial charge in [0.05, 0.1) is 7.11 Å². The summed E-state index contributed by atoms with van der Waals surface area (Å²) >= 11 is 0. The highest BCUT2D eigenvalue weighted by Crippen LogP contribution is 2.18. The van der Waals surface area contributed by atoms with Crippen LogP contribution in [0.4, 0.5) is 4.39 Å². The average Bonchev–Trinajstić information content (AvgIpc) is 2.36. The van der Waals surface area contributed by atoms with Crippen LogP contribution in [-0.2, 0) is 11.3 Å². The fourth-order valence-corrected chi connectivity index (χ4v) is 1.56. The van der Waals surface area contributed by atoms with Crippen molar-refractivity contribution in [3.8, 4) is 5.75 Å². The summed E-state index contributed by atoms with van der Waals surface area (Å²) in [7, 11) is 3.26. The minimum Gasteiger partial charge on any atom is -0.494 e. The van der Waals surface area contributed by atoms with Crippen LogP contribution in [0, 0.1) is 5.82 Å². The van der Waals surface area contributed by atoms with E-state index < -0.39 is 11.8 Å². The fraction of sp³-hybridized carbons (Fsp3) is 0.357. The van der Waals surface area contributed by atoms with Crippen molar-refractivity contribution in [2.75, 3.05) is 20.7 Å². The summed E-state index contributed by atoms with van der Waals surface area (Å²) in [6.07, 6.45) is 1.63. The lowest BCUT2D eigenvalue weighted by molar-refractivity contribution is -0.132. The maximum Gasteiger partial charge on any atom is 0.330 e. The van der Waals surface area contributed by atoms with E-state index in [0.29, 0.717) is 18.7 Å². The van der Waals surface area contributed by atoms with E-state index in [1.807, 2.05) is 11.9 Å². The van der Waals surface area contributed by atoms with Crippen molar-refractivity contribution >= 4 is 5.97 Å². The summed E-state index contributed by atoms with van der Waals surface area (Å²) < 4.78 is 18.3. The van der Waals surface area contributed by atoms with E-state index in [0.717, 1.165) is 5.56 Å². The number of carbonyl (C=O) groups is 1. The Labute approximate surface area is 112 Å². The van der Waals surface area contributed by atoms with Gasteiger partial charge in [0.15, 0.2) is 11.6 Å². The van der Waals surface area contributed by atoms with Crippen LogP contribution in [0.25, 0.3) is 0 Å². The predicted octanol–water partition coefficient (Wildman–Crippen LogP) is 2.30.